The van der Waals surface area contributed by atoms with Crippen LogP contribution in [0.5, 0.6) is 0 Å². The number of nitrogens with one attached hydrogen (secondary N) is 1. The fraction of sp³-hybridized carbons (Fsp3) is 1.00. The predicted molar refractivity (Wildman–Crippen MR) is 32.9 cm³/mol. The van der Waals surface area contributed by atoms with E-state index in [4.69, 9.17) is 4.74 Å². The van der Waals surface area contributed by atoms with Crippen molar-refractivity contribution in [2.45, 2.75) is 19.4 Å². The highest BCUT2D eigenvalue weighted by atomic mass is 16.5. The van der Waals surface area contributed by atoms with Crippen LogP contribution in [-0.4, -0.2) is 25.8 Å². The van der Waals surface area contributed by atoms with E-state index in [2.05, 4.69) is 12.2 Å². The Balaban J connectivity index is 1.86. The molecule has 0 aromatic heterocycles. The zero-order chi connectivity index (χ0) is 5.82. The molecule has 0 radical (unpaired) electrons. The molecule has 48 valence electrons. The number of ether oxygens (including phenoxy) is 1. The van der Waals surface area contributed by atoms with Crippen LogP contribution >= 0.6 is 0 Å². The van der Waals surface area contributed by atoms with Gasteiger partial charge in [0, 0.05) is 13.2 Å². The number of rotatable bonds is 3. The third-order valence-electron chi connectivity index (χ3n) is 1.42. The third kappa shape index (κ3) is 1.46. The van der Waals surface area contributed by atoms with E-state index in [0.717, 1.165) is 19.7 Å². The van der Waals surface area contributed by atoms with Crippen LogP contribution in [0.15, 0.2) is 0 Å². The van der Waals surface area contributed by atoms with Crippen molar-refractivity contribution < 1.29 is 4.74 Å². The van der Waals surface area contributed by atoms with E-state index >= 15 is 0 Å². The molecule has 1 aliphatic rings. The van der Waals surface area contributed by atoms with Gasteiger partial charge in [-0.25, -0.2) is 0 Å². The summed E-state index contributed by atoms with van der Waals surface area (Å²) in [6.07, 6.45) is 1.77. The summed E-state index contributed by atoms with van der Waals surface area (Å²) >= 11 is 0. The molecule has 0 aromatic carbocycles. The van der Waals surface area contributed by atoms with Crippen LogP contribution in [-0.2, 0) is 4.74 Å². The monoisotopic (exact) mass is 115 g/mol. The average Bonchev–Trinajstić information content (AvgIpc) is 1.63. The Bertz CT molecular complexity index is 61.5. The van der Waals surface area contributed by atoms with Gasteiger partial charge in [-0.3, -0.25) is 0 Å². The zero-order valence-electron chi connectivity index (χ0n) is 5.31. The van der Waals surface area contributed by atoms with Gasteiger partial charge in [0.15, 0.2) is 0 Å². The molecule has 0 amide bonds. The third-order valence-corrected chi connectivity index (χ3v) is 1.42. The quantitative estimate of drug-likeness (QED) is 0.574. The fourth-order valence-electron chi connectivity index (χ4n) is 0.751. The number of hydrogen-bond donors (Lipinski definition) is 1. The summed E-state index contributed by atoms with van der Waals surface area (Å²) in [5, 5.41) is 3.23. The summed E-state index contributed by atoms with van der Waals surface area (Å²) in [6.45, 7) is 5.17. The Morgan fingerprint density at radius 2 is 2.50 bits per heavy atom. The molecule has 1 fully saturated rings. The molecule has 0 bridgehead atoms. The maximum atomic E-state index is 5.17. The van der Waals surface area contributed by atoms with Gasteiger partial charge in [0.1, 0.15) is 0 Å². The molecule has 1 heterocycles. The molecular formula is C6H13NO. The summed E-state index contributed by atoms with van der Waals surface area (Å²) in [7, 11) is 0. The van der Waals surface area contributed by atoms with Gasteiger partial charge in [-0.15, -0.1) is 0 Å². The van der Waals surface area contributed by atoms with Crippen molar-refractivity contribution in [3.63, 3.8) is 0 Å². The molecule has 0 aromatic rings. The van der Waals surface area contributed by atoms with E-state index in [1.54, 1.807) is 0 Å². The van der Waals surface area contributed by atoms with E-state index in [-0.39, 0.29) is 0 Å². The molecule has 8 heavy (non-hydrogen) atoms. The summed E-state index contributed by atoms with van der Waals surface area (Å²) < 4.78 is 5.17. The molecule has 0 aliphatic carbocycles. The van der Waals surface area contributed by atoms with E-state index in [0.29, 0.717) is 6.10 Å². The van der Waals surface area contributed by atoms with Gasteiger partial charge in [-0.2, -0.15) is 0 Å². The van der Waals surface area contributed by atoms with Crippen LogP contribution in [0, 0.1) is 0 Å². The second-order valence-electron chi connectivity index (χ2n) is 2.09. The van der Waals surface area contributed by atoms with Gasteiger partial charge in [0.2, 0.25) is 0 Å². The fourth-order valence-corrected chi connectivity index (χ4v) is 0.751. The second-order valence-corrected chi connectivity index (χ2v) is 2.09. The summed E-state index contributed by atoms with van der Waals surface area (Å²) in [4.78, 5) is 0. The molecule has 1 N–H and O–H groups in total. The van der Waals surface area contributed by atoms with Crippen LogP contribution in [0.2, 0.25) is 0 Å². The second kappa shape index (κ2) is 3.05. The van der Waals surface area contributed by atoms with Gasteiger partial charge in [-0.1, -0.05) is 6.92 Å². The van der Waals surface area contributed by atoms with E-state index in [9.17, 15) is 0 Å². The van der Waals surface area contributed by atoms with Crippen molar-refractivity contribution in [3.05, 3.63) is 0 Å². The van der Waals surface area contributed by atoms with Crippen LogP contribution < -0.4 is 5.32 Å². The van der Waals surface area contributed by atoms with Crippen molar-refractivity contribution in [2.24, 2.45) is 0 Å². The molecular weight excluding hydrogens is 102 g/mol. The van der Waals surface area contributed by atoms with Crippen LogP contribution in [0.4, 0.5) is 0 Å². The average molecular weight is 115 g/mol. The highest BCUT2D eigenvalue weighted by Crippen LogP contribution is 2.08. The summed E-state index contributed by atoms with van der Waals surface area (Å²) in [6, 6.07) is 0. The largest absolute Gasteiger partial charge is 0.377 e. The van der Waals surface area contributed by atoms with E-state index in [1.165, 1.54) is 6.42 Å². The maximum absolute atomic E-state index is 5.17. The first-order valence-electron chi connectivity index (χ1n) is 3.26. The Labute approximate surface area is 50.2 Å². The molecule has 1 aliphatic heterocycles. The van der Waals surface area contributed by atoms with Gasteiger partial charge in [-0.05, 0) is 13.0 Å². The Kier molecular flexibility index (Phi) is 2.30. The molecule has 1 rings (SSSR count). The van der Waals surface area contributed by atoms with Crippen LogP contribution in [0.1, 0.15) is 13.3 Å². The topological polar surface area (TPSA) is 21.3 Å². The lowest BCUT2D eigenvalue weighted by Gasteiger charge is -2.26. The van der Waals surface area contributed by atoms with Crippen molar-refractivity contribution in [1.82, 2.24) is 5.32 Å². The van der Waals surface area contributed by atoms with Crippen molar-refractivity contribution >= 4 is 0 Å². The summed E-state index contributed by atoms with van der Waals surface area (Å²) in [5.41, 5.74) is 0. The van der Waals surface area contributed by atoms with Gasteiger partial charge in [0.05, 0.1) is 6.10 Å². The minimum absolute atomic E-state index is 0.523. The molecule has 0 unspecified atom stereocenters. The summed E-state index contributed by atoms with van der Waals surface area (Å²) in [5.74, 6) is 0. The van der Waals surface area contributed by atoms with Crippen LogP contribution in [0.3, 0.4) is 0 Å². The Hall–Kier alpha value is -0.0800. The van der Waals surface area contributed by atoms with Gasteiger partial charge >= 0.3 is 0 Å². The molecule has 1 saturated heterocycles. The molecule has 0 spiro atoms. The first-order valence-corrected chi connectivity index (χ1v) is 3.26. The Morgan fingerprint density at radius 3 is 2.88 bits per heavy atom. The number of likely N-dealkylation sites (N-methyl/N-ethyl adjacent to an activating group) is 1. The highest BCUT2D eigenvalue weighted by molar-refractivity contribution is 4.67. The number of hydrogen-bond acceptors (Lipinski definition) is 2. The molecule has 2 nitrogen and oxygen atoms in total. The van der Waals surface area contributed by atoms with Gasteiger partial charge < -0.3 is 10.1 Å². The smallest absolute Gasteiger partial charge is 0.0721 e. The van der Waals surface area contributed by atoms with Gasteiger partial charge in [0.25, 0.3) is 0 Å². The van der Waals surface area contributed by atoms with Crippen LogP contribution in [0.25, 0.3) is 0 Å². The Morgan fingerprint density at radius 1 is 1.75 bits per heavy atom. The first kappa shape index (κ1) is 6.05. The van der Waals surface area contributed by atoms with Crippen molar-refractivity contribution in [2.75, 3.05) is 19.7 Å². The van der Waals surface area contributed by atoms with Crippen molar-refractivity contribution in [1.29, 1.82) is 0 Å². The highest BCUT2D eigenvalue weighted by Gasteiger charge is 2.16. The minimum Gasteiger partial charge on any atom is -0.377 e. The lowest BCUT2D eigenvalue weighted by Crippen LogP contribution is -2.36. The van der Waals surface area contributed by atoms with E-state index in [1.807, 2.05) is 0 Å². The molecule has 2 heteroatoms. The zero-order valence-corrected chi connectivity index (χ0v) is 5.31. The lowest BCUT2D eigenvalue weighted by atomic mass is 10.2. The molecule has 1 atom stereocenters. The minimum atomic E-state index is 0.523. The first-order chi connectivity index (χ1) is 3.93. The molecule has 0 saturated carbocycles. The SMILES string of the molecule is CCNC[C@H]1CCO1. The standard InChI is InChI=1S/C6H13NO/c1-2-7-5-6-3-4-8-6/h6-7H,2-5H2,1H3/t6-/m1/s1. The lowest BCUT2D eigenvalue weighted by molar-refractivity contribution is -0.0480. The van der Waals surface area contributed by atoms with Crippen molar-refractivity contribution in [3.8, 4) is 0 Å². The van der Waals surface area contributed by atoms with E-state index < -0.39 is 0 Å². The predicted octanol–water partition coefficient (Wildman–Crippen LogP) is 0.385. The maximum Gasteiger partial charge on any atom is 0.0721 e. The normalized spacial score (nSPS) is 27.4.